The van der Waals surface area contributed by atoms with E-state index in [0.29, 0.717) is 0 Å². The number of hydrogen-bond donors (Lipinski definition) is 1. The molecule has 6 heteroatoms. The molecular formula is C18H27N3O2S. The summed E-state index contributed by atoms with van der Waals surface area (Å²) in [4.78, 5) is 4.88. The van der Waals surface area contributed by atoms with E-state index in [4.69, 9.17) is 10.1 Å². The number of hydrogen-bond acceptors (Lipinski definition) is 3. The maximum Gasteiger partial charge on any atom is 0.238 e. The summed E-state index contributed by atoms with van der Waals surface area (Å²) in [5.41, 5.74) is 1.75. The van der Waals surface area contributed by atoms with Crippen LogP contribution in [0.4, 0.5) is 0 Å². The molecule has 24 heavy (non-hydrogen) atoms. The van der Waals surface area contributed by atoms with Crippen molar-refractivity contribution in [1.29, 1.82) is 0 Å². The number of rotatable bonds is 7. The van der Waals surface area contributed by atoms with Crippen molar-refractivity contribution in [3.8, 4) is 0 Å². The van der Waals surface area contributed by atoms with Crippen molar-refractivity contribution in [2.45, 2.75) is 69.7 Å². The molecule has 132 valence electrons. The van der Waals surface area contributed by atoms with Crippen molar-refractivity contribution in [3.05, 3.63) is 24.0 Å². The highest BCUT2D eigenvalue weighted by molar-refractivity contribution is 7.89. The maximum atomic E-state index is 11.6. The van der Waals surface area contributed by atoms with Gasteiger partial charge in [0.05, 0.1) is 15.9 Å². The highest BCUT2D eigenvalue weighted by Gasteiger charge is 2.18. The number of imidazole rings is 1. The van der Waals surface area contributed by atoms with Crippen molar-refractivity contribution in [1.82, 2.24) is 9.55 Å². The van der Waals surface area contributed by atoms with Gasteiger partial charge in [0.15, 0.2) is 0 Å². The fourth-order valence-electron chi connectivity index (χ4n) is 3.73. The minimum Gasteiger partial charge on any atom is -0.328 e. The number of unbranched alkanes of at least 4 members (excludes halogenated alkanes) is 1. The molecular weight excluding hydrogens is 322 g/mol. The van der Waals surface area contributed by atoms with E-state index >= 15 is 0 Å². The van der Waals surface area contributed by atoms with Crippen LogP contribution in [-0.2, 0) is 23.0 Å². The largest absolute Gasteiger partial charge is 0.328 e. The molecule has 0 amide bonds. The zero-order chi connectivity index (χ0) is 17.2. The van der Waals surface area contributed by atoms with Crippen LogP contribution in [0.2, 0.25) is 0 Å². The van der Waals surface area contributed by atoms with E-state index in [2.05, 4.69) is 11.5 Å². The second kappa shape index (κ2) is 7.23. The number of aryl methyl sites for hydroxylation is 2. The average Bonchev–Trinajstić information content (AvgIpc) is 3.17. The van der Waals surface area contributed by atoms with Crippen LogP contribution >= 0.6 is 0 Å². The Balaban J connectivity index is 1.92. The van der Waals surface area contributed by atoms with E-state index in [1.54, 1.807) is 12.1 Å². The molecule has 1 aromatic heterocycles. The molecule has 0 saturated heterocycles. The lowest BCUT2D eigenvalue weighted by Crippen LogP contribution is -2.11. The molecule has 2 aromatic rings. The minimum absolute atomic E-state index is 0.137. The molecule has 1 aromatic carbocycles. The van der Waals surface area contributed by atoms with Crippen LogP contribution in [0, 0.1) is 5.92 Å². The summed E-state index contributed by atoms with van der Waals surface area (Å²) in [7, 11) is -3.69. The van der Waals surface area contributed by atoms with Crippen molar-refractivity contribution in [2.75, 3.05) is 0 Å². The van der Waals surface area contributed by atoms with Gasteiger partial charge in [-0.15, -0.1) is 0 Å². The Labute approximate surface area is 144 Å². The monoisotopic (exact) mass is 349 g/mol. The number of nitrogens with zero attached hydrogens (tertiary/aromatic N) is 2. The zero-order valence-electron chi connectivity index (χ0n) is 14.4. The van der Waals surface area contributed by atoms with Gasteiger partial charge in [0.2, 0.25) is 10.0 Å². The maximum absolute atomic E-state index is 11.6. The molecule has 0 radical (unpaired) electrons. The Bertz CT molecular complexity index is 805. The van der Waals surface area contributed by atoms with Crippen LogP contribution in [0.5, 0.6) is 0 Å². The fraction of sp³-hybridized carbons (Fsp3) is 0.611. The molecule has 5 nitrogen and oxygen atoms in total. The van der Waals surface area contributed by atoms with Crippen molar-refractivity contribution < 1.29 is 8.42 Å². The first-order valence-corrected chi connectivity index (χ1v) is 10.6. The highest BCUT2D eigenvalue weighted by atomic mass is 32.2. The summed E-state index contributed by atoms with van der Waals surface area (Å²) in [5, 5.41) is 5.25. The van der Waals surface area contributed by atoms with Crippen molar-refractivity contribution in [3.63, 3.8) is 0 Å². The van der Waals surface area contributed by atoms with Gasteiger partial charge in [0.25, 0.3) is 0 Å². The zero-order valence-corrected chi connectivity index (χ0v) is 15.2. The van der Waals surface area contributed by atoms with Crippen LogP contribution in [0.25, 0.3) is 11.0 Å². The fourth-order valence-corrected chi connectivity index (χ4v) is 4.26. The predicted octanol–water partition coefficient (Wildman–Crippen LogP) is 3.61. The SMILES string of the molecule is CCCCn1c(CCC2CCCC2)nc2cc(S(N)(=O)=O)ccc21. The normalized spacial score (nSPS) is 16.2. The number of primary sulfonamides is 1. The number of fused-ring (bicyclic) bond motifs is 1. The van der Waals surface area contributed by atoms with E-state index in [1.807, 2.05) is 6.07 Å². The lowest BCUT2D eigenvalue weighted by Gasteiger charge is -2.11. The van der Waals surface area contributed by atoms with E-state index < -0.39 is 10.0 Å². The van der Waals surface area contributed by atoms with Crippen molar-refractivity contribution in [2.24, 2.45) is 11.1 Å². The second-order valence-corrected chi connectivity index (χ2v) is 8.48. The third-order valence-corrected chi connectivity index (χ3v) is 6.02. The molecule has 1 heterocycles. The van der Waals surface area contributed by atoms with Gasteiger partial charge >= 0.3 is 0 Å². The molecule has 1 aliphatic carbocycles. The topological polar surface area (TPSA) is 78.0 Å². The molecule has 1 saturated carbocycles. The number of benzene rings is 1. The summed E-state index contributed by atoms with van der Waals surface area (Å²) >= 11 is 0. The predicted molar refractivity (Wildman–Crippen MR) is 96.3 cm³/mol. The van der Waals surface area contributed by atoms with Gasteiger partial charge in [0, 0.05) is 13.0 Å². The van der Waals surface area contributed by atoms with Crippen LogP contribution in [0.3, 0.4) is 0 Å². The Morgan fingerprint density at radius 1 is 1.29 bits per heavy atom. The lowest BCUT2D eigenvalue weighted by molar-refractivity contribution is 0.487. The third kappa shape index (κ3) is 3.81. The Kier molecular flexibility index (Phi) is 5.25. The van der Waals surface area contributed by atoms with Gasteiger partial charge in [-0.25, -0.2) is 18.5 Å². The molecule has 1 fully saturated rings. The van der Waals surface area contributed by atoms with Gasteiger partial charge in [-0.05, 0) is 37.0 Å². The summed E-state index contributed by atoms with van der Waals surface area (Å²) in [5.74, 6) is 1.90. The van der Waals surface area contributed by atoms with Gasteiger partial charge in [0.1, 0.15) is 5.82 Å². The first-order chi connectivity index (χ1) is 11.5. The number of nitrogens with two attached hydrogens (primary N) is 1. The second-order valence-electron chi connectivity index (χ2n) is 6.92. The van der Waals surface area contributed by atoms with Crippen LogP contribution < -0.4 is 5.14 Å². The Hall–Kier alpha value is -1.40. The summed E-state index contributed by atoms with van der Waals surface area (Å²) in [6.07, 6.45) is 9.75. The molecule has 1 aliphatic rings. The molecule has 0 spiro atoms. The molecule has 0 aliphatic heterocycles. The van der Waals surface area contributed by atoms with Gasteiger partial charge in [-0.1, -0.05) is 39.0 Å². The van der Waals surface area contributed by atoms with E-state index in [1.165, 1.54) is 32.1 Å². The molecule has 0 unspecified atom stereocenters. The summed E-state index contributed by atoms with van der Waals surface area (Å²) < 4.78 is 25.4. The first kappa shape index (κ1) is 17.4. The van der Waals surface area contributed by atoms with Crippen LogP contribution in [-0.4, -0.2) is 18.0 Å². The lowest BCUT2D eigenvalue weighted by atomic mass is 10.0. The molecule has 2 N–H and O–H groups in total. The highest BCUT2D eigenvalue weighted by Crippen LogP contribution is 2.29. The van der Waals surface area contributed by atoms with E-state index in [9.17, 15) is 8.42 Å². The third-order valence-electron chi connectivity index (χ3n) is 5.11. The van der Waals surface area contributed by atoms with Gasteiger partial charge in [-0.3, -0.25) is 0 Å². The van der Waals surface area contributed by atoms with E-state index in [-0.39, 0.29) is 4.90 Å². The molecule has 0 bridgehead atoms. The van der Waals surface area contributed by atoms with Crippen LogP contribution in [0.1, 0.15) is 57.7 Å². The van der Waals surface area contributed by atoms with Gasteiger partial charge < -0.3 is 4.57 Å². The summed E-state index contributed by atoms with van der Waals surface area (Å²) in [6.45, 7) is 3.11. The van der Waals surface area contributed by atoms with Gasteiger partial charge in [-0.2, -0.15) is 0 Å². The Morgan fingerprint density at radius 2 is 2.04 bits per heavy atom. The first-order valence-electron chi connectivity index (χ1n) is 9.01. The summed E-state index contributed by atoms with van der Waals surface area (Å²) in [6, 6.07) is 5.03. The van der Waals surface area contributed by atoms with E-state index in [0.717, 1.165) is 48.6 Å². The molecule has 3 rings (SSSR count). The van der Waals surface area contributed by atoms with Crippen molar-refractivity contribution >= 4 is 21.1 Å². The molecule has 0 atom stereocenters. The average molecular weight is 350 g/mol. The Morgan fingerprint density at radius 3 is 2.71 bits per heavy atom. The quantitative estimate of drug-likeness (QED) is 0.829. The van der Waals surface area contributed by atoms with Crippen LogP contribution in [0.15, 0.2) is 23.1 Å². The standard InChI is InChI=1S/C18H27N3O2S/c1-2-3-12-21-17-10-9-15(24(19,22)23)13-16(17)20-18(21)11-8-14-6-4-5-7-14/h9-10,13-14H,2-8,11-12H2,1H3,(H2,19,22,23). The minimum atomic E-state index is -3.69. The number of aromatic nitrogens is 2. The smallest absolute Gasteiger partial charge is 0.238 e. The number of sulfonamides is 1.